The minimum atomic E-state index is -0.316. The van der Waals surface area contributed by atoms with Gasteiger partial charge in [-0.1, -0.05) is 67.6 Å². The van der Waals surface area contributed by atoms with E-state index in [2.05, 4.69) is 44.7 Å². The van der Waals surface area contributed by atoms with E-state index >= 15 is 0 Å². The van der Waals surface area contributed by atoms with Crippen molar-refractivity contribution in [3.05, 3.63) is 46.0 Å². The summed E-state index contributed by atoms with van der Waals surface area (Å²) < 4.78 is 0. The second kappa shape index (κ2) is 10.2. The Kier molecular flexibility index (Phi) is 7.40. The van der Waals surface area contributed by atoms with E-state index in [0.29, 0.717) is 22.5 Å². The van der Waals surface area contributed by atoms with Crippen LogP contribution in [-0.4, -0.2) is 31.3 Å². The summed E-state index contributed by atoms with van der Waals surface area (Å²) in [5.41, 5.74) is 2.09. The number of nitrogens with one attached hydrogen (secondary N) is 1. The molecule has 0 aliphatic rings. The summed E-state index contributed by atoms with van der Waals surface area (Å²) in [6.45, 7) is 6.26. The lowest BCUT2D eigenvalue weighted by molar-refractivity contribution is -0.115. The molecule has 0 radical (unpaired) electrons. The molecular formula is C22H22ClN5OS3. The molecule has 32 heavy (non-hydrogen) atoms. The fourth-order valence-corrected chi connectivity index (χ4v) is 6.25. The van der Waals surface area contributed by atoms with Crippen molar-refractivity contribution in [2.24, 2.45) is 5.92 Å². The van der Waals surface area contributed by atoms with Gasteiger partial charge in [-0.25, -0.2) is 9.97 Å². The standard InChI is InChI=1S/C22H22ClN5OS3/c1-4-16(19(29)26-22-28-27-17(32-22)9-12(2)3)31-21-18-15(10-30-20(18)24-11-25-21)13-5-7-14(23)8-6-13/h5-8,10-12,16H,4,9H2,1-3H3,(H,26,28,29). The van der Waals surface area contributed by atoms with Crippen molar-refractivity contribution in [3.63, 3.8) is 0 Å². The molecule has 1 N–H and O–H groups in total. The van der Waals surface area contributed by atoms with Gasteiger partial charge in [0.2, 0.25) is 11.0 Å². The largest absolute Gasteiger partial charge is 0.300 e. The number of fused-ring (bicyclic) bond motifs is 1. The van der Waals surface area contributed by atoms with Gasteiger partial charge in [0.25, 0.3) is 0 Å². The highest BCUT2D eigenvalue weighted by Crippen LogP contribution is 2.40. The number of thiophene rings is 1. The van der Waals surface area contributed by atoms with Crippen molar-refractivity contribution in [3.8, 4) is 11.1 Å². The summed E-state index contributed by atoms with van der Waals surface area (Å²) >= 11 is 10.5. The molecule has 1 amide bonds. The molecule has 166 valence electrons. The van der Waals surface area contributed by atoms with Crippen LogP contribution >= 0.6 is 46.0 Å². The lowest BCUT2D eigenvalue weighted by Gasteiger charge is -2.14. The van der Waals surface area contributed by atoms with Gasteiger partial charge in [0.15, 0.2) is 0 Å². The molecule has 1 unspecified atom stereocenters. The molecule has 0 bridgehead atoms. The zero-order valence-electron chi connectivity index (χ0n) is 17.8. The minimum absolute atomic E-state index is 0.0974. The maximum absolute atomic E-state index is 13.0. The zero-order valence-corrected chi connectivity index (χ0v) is 21.0. The van der Waals surface area contributed by atoms with Gasteiger partial charge in [0.05, 0.1) is 10.6 Å². The molecule has 3 aromatic heterocycles. The first-order valence-electron chi connectivity index (χ1n) is 10.2. The number of nitrogens with zero attached hydrogens (tertiary/aromatic N) is 4. The fraction of sp³-hybridized carbons (Fsp3) is 0.318. The van der Waals surface area contributed by atoms with Crippen LogP contribution < -0.4 is 5.32 Å². The molecule has 0 spiro atoms. The van der Waals surface area contributed by atoms with E-state index in [-0.39, 0.29) is 11.2 Å². The van der Waals surface area contributed by atoms with E-state index in [1.165, 1.54) is 23.1 Å². The number of hydrogen-bond acceptors (Lipinski definition) is 8. The number of carbonyl (C=O) groups excluding carboxylic acids is 1. The first kappa shape index (κ1) is 23.1. The first-order valence-corrected chi connectivity index (χ1v) is 13.2. The molecule has 0 aliphatic carbocycles. The van der Waals surface area contributed by atoms with Crippen molar-refractivity contribution in [1.29, 1.82) is 0 Å². The highest BCUT2D eigenvalue weighted by atomic mass is 35.5. The van der Waals surface area contributed by atoms with Gasteiger partial charge >= 0.3 is 0 Å². The Hall–Kier alpha value is -2.07. The number of thioether (sulfide) groups is 1. The molecule has 10 heteroatoms. The van der Waals surface area contributed by atoms with Gasteiger partial charge in [-0.2, -0.15) is 0 Å². The molecule has 4 rings (SSSR count). The molecule has 3 heterocycles. The van der Waals surface area contributed by atoms with Gasteiger partial charge in [-0.15, -0.1) is 21.5 Å². The number of amides is 1. The number of aromatic nitrogens is 4. The minimum Gasteiger partial charge on any atom is -0.300 e. The molecule has 1 aromatic carbocycles. The highest BCUT2D eigenvalue weighted by molar-refractivity contribution is 8.00. The number of rotatable bonds is 8. The third-order valence-corrected chi connectivity index (χ3v) is 8.05. The number of carbonyl (C=O) groups is 1. The lowest BCUT2D eigenvalue weighted by Crippen LogP contribution is -2.24. The molecular weight excluding hydrogens is 482 g/mol. The Labute approximate surface area is 203 Å². The third kappa shape index (κ3) is 5.28. The van der Waals surface area contributed by atoms with Crippen LogP contribution in [0.4, 0.5) is 5.13 Å². The van der Waals surface area contributed by atoms with E-state index < -0.39 is 0 Å². The van der Waals surface area contributed by atoms with E-state index in [0.717, 1.165) is 37.8 Å². The predicted molar refractivity (Wildman–Crippen MR) is 135 cm³/mol. The van der Waals surface area contributed by atoms with Crippen LogP contribution in [0.25, 0.3) is 21.3 Å². The Morgan fingerprint density at radius 3 is 2.69 bits per heavy atom. The summed E-state index contributed by atoms with van der Waals surface area (Å²) in [5, 5.41) is 16.9. The summed E-state index contributed by atoms with van der Waals surface area (Å²) in [7, 11) is 0. The van der Waals surface area contributed by atoms with Gasteiger partial charge in [0, 0.05) is 22.4 Å². The van der Waals surface area contributed by atoms with Crippen LogP contribution in [0, 0.1) is 5.92 Å². The number of hydrogen-bond donors (Lipinski definition) is 1. The van der Waals surface area contributed by atoms with Crippen molar-refractivity contribution in [1.82, 2.24) is 20.2 Å². The monoisotopic (exact) mass is 503 g/mol. The second-order valence-corrected chi connectivity index (χ2v) is 11.2. The topological polar surface area (TPSA) is 80.7 Å². The number of anilines is 1. The molecule has 0 fully saturated rings. The Bertz CT molecular complexity index is 1220. The van der Waals surface area contributed by atoms with Crippen LogP contribution in [-0.2, 0) is 11.2 Å². The Morgan fingerprint density at radius 1 is 1.19 bits per heavy atom. The Morgan fingerprint density at radius 2 is 1.97 bits per heavy atom. The summed E-state index contributed by atoms with van der Waals surface area (Å²) in [4.78, 5) is 22.8. The molecule has 0 saturated heterocycles. The summed E-state index contributed by atoms with van der Waals surface area (Å²) in [6.07, 6.45) is 3.06. The predicted octanol–water partition coefficient (Wildman–Crippen LogP) is 6.57. The average Bonchev–Trinajstić information content (AvgIpc) is 3.39. The lowest BCUT2D eigenvalue weighted by atomic mass is 10.1. The van der Waals surface area contributed by atoms with Crippen molar-refractivity contribution in [2.45, 2.75) is 43.9 Å². The van der Waals surface area contributed by atoms with Crippen LogP contribution in [0.5, 0.6) is 0 Å². The van der Waals surface area contributed by atoms with Gasteiger partial charge in [0.1, 0.15) is 21.2 Å². The van der Waals surface area contributed by atoms with Crippen LogP contribution in [0.2, 0.25) is 5.02 Å². The van der Waals surface area contributed by atoms with E-state index in [1.807, 2.05) is 31.2 Å². The maximum atomic E-state index is 13.0. The molecule has 6 nitrogen and oxygen atoms in total. The van der Waals surface area contributed by atoms with Crippen LogP contribution in [0.15, 0.2) is 41.0 Å². The maximum Gasteiger partial charge on any atom is 0.239 e. The van der Waals surface area contributed by atoms with Crippen molar-refractivity contribution >= 4 is 67.3 Å². The van der Waals surface area contributed by atoms with E-state index in [4.69, 9.17) is 11.6 Å². The zero-order chi connectivity index (χ0) is 22.7. The third-order valence-electron chi connectivity index (χ3n) is 4.69. The van der Waals surface area contributed by atoms with Crippen LogP contribution in [0.3, 0.4) is 0 Å². The fourth-order valence-electron chi connectivity index (χ4n) is 3.16. The molecule has 0 aliphatic heterocycles. The normalized spacial score (nSPS) is 12.4. The van der Waals surface area contributed by atoms with Crippen molar-refractivity contribution in [2.75, 3.05) is 5.32 Å². The average molecular weight is 504 g/mol. The first-order chi connectivity index (χ1) is 15.4. The van der Waals surface area contributed by atoms with Gasteiger partial charge < -0.3 is 0 Å². The van der Waals surface area contributed by atoms with Crippen molar-refractivity contribution < 1.29 is 4.79 Å². The second-order valence-electron chi connectivity index (χ2n) is 7.62. The van der Waals surface area contributed by atoms with E-state index in [9.17, 15) is 4.79 Å². The smallest absolute Gasteiger partial charge is 0.239 e. The molecule has 0 saturated carbocycles. The van der Waals surface area contributed by atoms with E-state index in [1.54, 1.807) is 17.7 Å². The summed E-state index contributed by atoms with van der Waals surface area (Å²) in [6, 6.07) is 7.71. The number of benzene rings is 1. The quantitative estimate of drug-likeness (QED) is 0.216. The highest BCUT2D eigenvalue weighted by Gasteiger charge is 2.23. The number of halogens is 1. The summed E-state index contributed by atoms with van der Waals surface area (Å²) in [5.74, 6) is 0.394. The van der Waals surface area contributed by atoms with Gasteiger partial charge in [-0.05, 0) is 30.0 Å². The SMILES string of the molecule is CCC(Sc1ncnc2scc(-c3ccc(Cl)cc3)c12)C(=O)Nc1nnc(CC(C)C)s1. The Balaban J connectivity index is 1.57. The molecule has 1 atom stereocenters. The van der Waals surface area contributed by atoms with Crippen LogP contribution in [0.1, 0.15) is 32.2 Å². The molecule has 4 aromatic rings. The van der Waals surface area contributed by atoms with Gasteiger partial charge in [-0.3, -0.25) is 10.1 Å².